The van der Waals surface area contributed by atoms with Crippen molar-refractivity contribution in [1.29, 1.82) is 0 Å². The number of carbonyl (C=O) groups excluding carboxylic acids is 1. The number of hydrogen-bond donors (Lipinski definition) is 0. The maximum atomic E-state index is 12.5. The van der Waals surface area contributed by atoms with Crippen LogP contribution < -0.4 is 0 Å². The average Bonchev–Trinajstić information content (AvgIpc) is 2.88. The van der Waals surface area contributed by atoms with Crippen LogP contribution in [-0.2, 0) is 38.0 Å². The predicted octanol–water partition coefficient (Wildman–Crippen LogP) is 0.881. The van der Waals surface area contributed by atoms with Crippen molar-refractivity contribution in [2.75, 3.05) is 13.7 Å². The number of methoxy groups -OCH3 is 1. The van der Waals surface area contributed by atoms with E-state index in [9.17, 15) is 26.4 Å². The van der Waals surface area contributed by atoms with E-state index in [0.29, 0.717) is 0 Å². The molecule has 0 bridgehead atoms. The highest BCUT2D eigenvalue weighted by Crippen LogP contribution is 2.40. The van der Waals surface area contributed by atoms with E-state index in [1.807, 2.05) is 0 Å². The molecule has 0 aromatic carbocycles. The number of rotatable bonds is 4. The van der Waals surface area contributed by atoms with Gasteiger partial charge >= 0.3 is 21.8 Å². The molecule has 0 aromatic heterocycles. The molecule has 2 rings (SSSR count). The van der Waals surface area contributed by atoms with E-state index in [4.69, 9.17) is 14.2 Å². The number of halogens is 3. The maximum absolute atomic E-state index is 12.5. The third-order valence-corrected chi connectivity index (χ3v) is 4.18. The van der Waals surface area contributed by atoms with Gasteiger partial charge in [-0.3, -0.25) is 4.18 Å². The number of carbonyl (C=O) groups is 1. The van der Waals surface area contributed by atoms with E-state index in [1.54, 1.807) is 0 Å². The molecule has 4 atom stereocenters. The molecular formula is C11H15F3O9S. The van der Waals surface area contributed by atoms with Crippen molar-refractivity contribution in [3.63, 3.8) is 0 Å². The van der Waals surface area contributed by atoms with Gasteiger partial charge in [0.25, 0.3) is 0 Å². The third kappa shape index (κ3) is 3.91. The van der Waals surface area contributed by atoms with Crippen molar-refractivity contribution < 1.29 is 54.3 Å². The van der Waals surface area contributed by atoms with Crippen LogP contribution in [-0.4, -0.2) is 64.2 Å². The summed E-state index contributed by atoms with van der Waals surface area (Å²) in [7, 11) is -4.90. The van der Waals surface area contributed by atoms with Crippen molar-refractivity contribution in [2.45, 2.75) is 49.7 Å². The summed E-state index contributed by atoms with van der Waals surface area (Å²) in [6.07, 6.45) is -6.67. The summed E-state index contributed by atoms with van der Waals surface area (Å²) in [5.74, 6) is -1.22. The Labute approximate surface area is 135 Å². The van der Waals surface area contributed by atoms with Gasteiger partial charge in [-0.1, -0.05) is 0 Å². The molecule has 9 nitrogen and oxygen atoms in total. The van der Waals surface area contributed by atoms with Gasteiger partial charge in [0.1, 0.15) is 24.9 Å². The standard InChI is InChI=1S/C11H15F3O9S/c1-10(2)21-7-6(23-24(16,17)11(12,13)14)5(20-8(7)22-10)4-19-9(15)18-3/h5-8H,4H2,1-3H3/t5-,6+,7-,8-/m1/s1. The molecule has 140 valence electrons. The zero-order valence-electron chi connectivity index (χ0n) is 12.7. The fraction of sp³-hybridized carbons (Fsp3) is 0.909. The Hall–Kier alpha value is -1.15. The van der Waals surface area contributed by atoms with Crippen LogP contribution in [0.4, 0.5) is 18.0 Å². The van der Waals surface area contributed by atoms with Gasteiger partial charge in [-0.05, 0) is 13.8 Å². The van der Waals surface area contributed by atoms with Gasteiger partial charge in [-0.15, -0.1) is 0 Å². The molecule has 2 heterocycles. The first-order valence-corrected chi connectivity index (χ1v) is 7.98. The monoisotopic (exact) mass is 380 g/mol. The van der Waals surface area contributed by atoms with Gasteiger partial charge in [0.15, 0.2) is 12.1 Å². The molecule has 0 aromatic rings. The Morgan fingerprint density at radius 2 is 1.88 bits per heavy atom. The third-order valence-electron chi connectivity index (χ3n) is 3.14. The number of fused-ring (bicyclic) bond motifs is 1. The Bertz CT molecular complexity index is 588. The molecule has 0 unspecified atom stereocenters. The average molecular weight is 380 g/mol. The van der Waals surface area contributed by atoms with Crippen LogP contribution in [0.3, 0.4) is 0 Å². The smallest absolute Gasteiger partial charge is 0.438 e. The van der Waals surface area contributed by atoms with Crippen LogP contribution in [0.5, 0.6) is 0 Å². The summed E-state index contributed by atoms with van der Waals surface area (Å²) in [6, 6.07) is 0. The Morgan fingerprint density at radius 3 is 2.42 bits per heavy atom. The largest absolute Gasteiger partial charge is 0.523 e. The van der Waals surface area contributed by atoms with E-state index in [2.05, 4.69) is 13.7 Å². The first kappa shape index (κ1) is 19.2. The van der Waals surface area contributed by atoms with E-state index in [-0.39, 0.29) is 0 Å². The minimum Gasteiger partial charge on any atom is -0.438 e. The van der Waals surface area contributed by atoms with Crippen LogP contribution in [0.1, 0.15) is 13.8 Å². The minimum atomic E-state index is -5.92. The summed E-state index contributed by atoms with van der Waals surface area (Å²) < 4.78 is 89.1. The summed E-state index contributed by atoms with van der Waals surface area (Å²) >= 11 is 0. The zero-order chi connectivity index (χ0) is 18.3. The second-order valence-electron chi connectivity index (χ2n) is 5.37. The molecule has 0 radical (unpaired) electrons. The van der Waals surface area contributed by atoms with Gasteiger partial charge < -0.3 is 23.7 Å². The van der Waals surface area contributed by atoms with Gasteiger partial charge in [0, 0.05) is 0 Å². The summed E-state index contributed by atoms with van der Waals surface area (Å²) in [6.45, 7) is 2.30. The summed E-state index contributed by atoms with van der Waals surface area (Å²) in [5.41, 5.74) is -5.63. The Morgan fingerprint density at radius 1 is 1.25 bits per heavy atom. The van der Waals surface area contributed by atoms with Crippen LogP contribution >= 0.6 is 0 Å². The highest BCUT2D eigenvalue weighted by molar-refractivity contribution is 7.87. The van der Waals surface area contributed by atoms with Crippen molar-refractivity contribution in [2.24, 2.45) is 0 Å². The molecule has 2 saturated heterocycles. The first-order valence-electron chi connectivity index (χ1n) is 6.58. The lowest BCUT2D eigenvalue weighted by Gasteiger charge is -2.25. The SMILES string of the molecule is COC(=O)OC[C@H]1O[C@@H]2OC(C)(C)O[C@@H]2[C@H]1OS(=O)(=O)C(F)(F)F. The summed E-state index contributed by atoms with van der Waals surface area (Å²) in [4.78, 5) is 11.0. The van der Waals surface area contributed by atoms with Crippen LogP contribution in [0.2, 0.25) is 0 Å². The fourth-order valence-corrected chi connectivity index (χ4v) is 2.84. The molecule has 24 heavy (non-hydrogen) atoms. The topological polar surface area (TPSA) is 107 Å². The number of hydrogen-bond acceptors (Lipinski definition) is 9. The quantitative estimate of drug-likeness (QED) is 0.399. The molecule has 0 spiro atoms. The van der Waals surface area contributed by atoms with E-state index >= 15 is 0 Å². The molecular weight excluding hydrogens is 365 g/mol. The number of alkyl halides is 3. The van der Waals surface area contributed by atoms with Gasteiger partial charge in [0.2, 0.25) is 0 Å². The molecule has 0 saturated carbocycles. The van der Waals surface area contributed by atoms with Crippen molar-refractivity contribution in [3.8, 4) is 0 Å². The lowest BCUT2D eigenvalue weighted by Crippen LogP contribution is -2.43. The summed E-state index contributed by atoms with van der Waals surface area (Å²) in [5, 5.41) is 0. The Balaban J connectivity index is 2.18. The van der Waals surface area contributed by atoms with Gasteiger partial charge in [-0.2, -0.15) is 21.6 Å². The van der Waals surface area contributed by atoms with Crippen molar-refractivity contribution >= 4 is 16.3 Å². The molecule has 2 aliphatic rings. The molecule has 2 fully saturated rings. The molecule has 0 amide bonds. The molecule has 0 N–H and O–H groups in total. The van der Waals surface area contributed by atoms with Crippen molar-refractivity contribution in [1.82, 2.24) is 0 Å². The predicted molar refractivity (Wildman–Crippen MR) is 66.9 cm³/mol. The normalized spacial score (nSPS) is 32.4. The minimum absolute atomic E-state index is 0.620. The fourth-order valence-electron chi connectivity index (χ4n) is 2.21. The molecule has 0 aliphatic carbocycles. The second kappa shape index (κ2) is 6.29. The van der Waals surface area contributed by atoms with E-state index < -0.39 is 58.8 Å². The molecule has 2 aliphatic heterocycles. The highest BCUT2D eigenvalue weighted by atomic mass is 32.2. The second-order valence-corrected chi connectivity index (χ2v) is 6.93. The number of ether oxygens (including phenoxy) is 5. The van der Waals surface area contributed by atoms with E-state index in [0.717, 1.165) is 7.11 Å². The van der Waals surface area contributed by atoms with Crippen LogP contribution in [0.15, 0.2) is 0 Å². The first-order chi connectivity index (χ1) is 10.9. The van der Waals surface area contributed by atoms with E-state index in [1.165, 1.54) is 13.8 Å². The van der Waals surface area contributed by atoms with Gasteiger partial charge in [0.05, 0.1) is 7.11 Å². The lowest BCUT2D eigenvalue weighted by atomic mass is 10.1. The zero-order valence-corrected chi connectivity index (χ0v) is 13.5. The lowest BCUT2D eigenvalue weighted by molar-refractivity contribution is -0.217. The van der Waals surface area contributed by atoms with Crippen molar-refractivity contribution in [3.05, 3.63) is 0 Å². The van der Waals surface area contributed by atoms with Crippen LogP contribution in [0.25, 0.3) is 0 Å². The van der Waals surface area contributed by atoms with Gasteiger partial charge in [-0.25, -0.2) is 4.79 Å². The molecule has 13 heteroatoms. The van der Waals surface area contributed by atoms with Crippen LogP contribution in [0, 0.1) is 0 Å². The highest BCUT2D eigenvalue weighted by Gasteiger charge is 2.59. The maximum Gasteiger partial charge on any atom is 0.523 e. The Kier molecular flexibility index (Phi) is 5.03.